The van der Waals surface area contributed by atoms with Gasteiger partial charge >= 0.3 is 0 Å². The summed E-state index contributed by atoms with van der Waals surface area (Å²) in [6.45, 7) is 2.87. The molecule has 2 aromatic rings. The largest absolute Gasteiger partial charge is 0.306 e. The van der Waals surface area contributed by atoms with Gasteiger partial charge < -0.3 is 4.57 Å². The number of rotatable bonds is 7. The minimum Gasteiger partial charge on any atom is -0.306 e. The van der Waals surface area contributed by atoms with E-state index < -0.39 is 9.84 Å². The van der Waals surface area contributed by atoms with Crippen molar-refractivity contribution < 1.29 is 8.42 Å². The lowest BCUT2D eigenvalue weighted by molar-refractivity contribution is 0.597. The highest BCUT2D eigenvalue weighted by molar-refractivity contribution is 8.00. The van der Waals surface area contributed by atoms with Crippen molar-refractivity contribution >= 4 is 33.2 Å². The van der Waals surface area contributed by atoms with Crippen molar-refractivity contribution in [2.45, 2.75) is 42.3 Å². The highest BCUT2D eigenvalue weighted by Crippen LogP contribution is 2.40. The second-order valence-corrected chi connectivity index (χ2v) is 9.09. The van der Waals surface area contributed by atoms with Gasteiger partial charge in [0.05, 0.1) is 10.6 Å². The van der Waals surface area contributed by atoms with Crippen molar-refractivity contribution in [3.05, 3.63) is 35.1 Å². The number of aromatic nitrogens is 3. The van der Waals surface area contributed by atoms with Crippen molar-refractivity contribution in [1.82, 2.24) is 14.8 Å². The molecule has 8 heteroatoms. The molecular weight excluding hydrogens is 354 g/mol. The molecule has 5 nitrogen and oxygen atoms in total. The standard InChI is InChI=1S/C15H18ClN3O2S2/c1-2-19-14(11-3-4-11)17-18-15(19)22-9-10-23(20,21)13-7-5-12(16)6-8-13/h5-8,11H,2-4,9-10H2,1H3. The number of sulfone groups is 1. The van der Waals surface area contributed by atoms with Crippen LogP contribution in [0.25, 0.3) is 0 Å². The van der Waals surface area contributed by atoms with Crippen LogP contribution < -0.4 is 0 Å². The van der Waals surface area contributed by atoms with Gasteiger partial charge in [-0.15, -0.1) is 10.2 Å². The normalized spacial score (nSPS) is 15.0. The lowest BCUT2D eigenvalue weighted by Crippen LogP contribution is -2.09. The molecule has 3 rings (SSSR count). The van der Waals surface area contributed by atoms with Crippen LogP contribution in [-0.2, 0) is 16.4 Å². The van der Waals surface area contributed by atoms with Gasteiger partial charge in [-0.25, -0.2) is 8.42 Å². The minimum atomic E-state index is -3.30. The van der Waals surface area contributed by atoms with Crippen molar-refractivity contribution in [1.29, 1.82) is 0 Å². The molecule has 1 aromatic heterocycles. The zero-order chi connectivity index (χ0) is 16.4. The smallest absolute Gasteiger partial charge is 0.191 e. The van der Waals surface area contributed by atoms with Crippen LogP contribution in [0.4, 0.5) is 0 Å². The fraction of sp³-hybridized carbons (Fsp3) is 0.467. The Kier molecular flexibility index (Phi) is 4.98. The molecule has 1 heterocycles. The summed E-state index contributed by atoms with van der Waals surface area (Å²) >= 11 is 7.24. The predicted molar refractivity (Wildman–Crippen MR) is 91.9 cm³/mol. The molecule has 0 unspecified atom stereocenters. The highest BCUT2D eigenvalue weighted by atomic mass is 35.5. The maximum Gasteiger partial charge on any atom is 0.191 e. The summed E-state index contributed by atoms with van der Waals surface area (Å²) < 4.78 is 26.7. The molecule has 0 N–H and O–H groups in total. The Morgan fingerprint density at radius 3 is 2.57 bits per heavy atom. The molecule has 0 spiro atoms. The number of hydrogen-bond acceptors (Lipinski definition) is 5. The average molecular weight is 372 g/mol. The minimum absolute atomic E-state index is 0.0641. The van der Waals surface area contributed by atoms with Gasteiger partial charge in [0.2, 0.25) is 0 Å². The maximum absolute atomic E-state index is 12.3. The quantitative estimate of drug-likeness (QED) is 0.698. The zero-order valence-electron chi connectivity index (χ0n) is 12.8. The average Bonchev–Trinajstić information content (AvgIpc) is 3.28. The van der Waals surface area contributed by atoms with Crippen LogP contribution in [0.15, 0.2) is 34.3 Å². The maximum atomic E-state index is 12.3. The number of hydrogen-bond donors (Lipinski definition) is 0. The lowest BCUT2D eigenvalue weighted by Gasteiger charge is -2.07. The van der Waals surface area contributed by atoms with E-state index in [0.717, 1.165) is 17.5 Å². The molecule has 0 bridgehead atoms. The molecule has 1 saturated carbocycles. The van der Waals surface area contributed by atoms with Crippen LogP contribution in [0.1, 0.15) is 31.5 Å². The monoisotopic (exact) mass is 371 g/mol. The van der Waals surface area contributed by atoms with Crippen LogP contribution in [0.5, 0.6) is 0 Å². The molecule has 0 saturated heterocycles. The Balaban J connectivity index is 1.64. The van der Waals surface area contributed by atoms with Gasteiger partial charge in [0, 0.05) is 23.2 Å². The molecule has 0 atom stereocenters. The first-order chi connectivity index (χ1) is 11.0. The summed E-state index contributed by atoms with van der Waals surface area (Å²) in [5.41, 5.74) is 0. The van der Waals surface area contributed by atoms with Crippen molar-refractivity contribution in [3.63, 3.8) is 0 Å². The van der Waals surface area contributed by atoms with Crippen LogP contribution >= 0.6 is 23.4 Å². The van der Waals surface area contributed by atoms with E-state index in [1.54, 1.807) is 24.3 Å². The van der Waals surface area contributed by atoms with Crippen molar-refractivity contribution in [2.24, 2.45) is 0 Å². The fourth-order valence-corrected chi connectivity index (χ4v) is 5.13. The summed E-state index contributed by atoms with van der Waals surface area (Å²) in [6, 6.07) is 6.28. The first kappa shape index (κ1) is 16.8. The SMILES string of the molecule is CCn1c(SCCS(=O)(=O)c2ccc(Cl)cc2)nnc1C1CC1. The second-order valence-electron chi connectivity index (χ2n) is 5.48. The fourth-order valence-electron chi connectivity index (χ4n) is 2.35. The van der Waals surface area contributed by atoms with Crippen LogP contribution in [0, 0.1) is 0 Å². The molecule has 0 amide bonds. The Morgan fingerprint density at radius 1 is 1.26 bits per heavy atom. The van der Waals surface area contributed by atoms with Gasteiger partial charge in [0.1, 0.15) is 5.82 Å². The summed E-state index contributed by atoms with van der Waals surface area (Å²) in [6.07, 6.45) is 2.35. The predicted octanol–water partition coefficient (Wildman–Crippen LogP) is 3.39. The van der Waals surface area contributed by atoms with Crippen molar-refractivity contribution in [2.75, 3.05) is 11.5 Å². The van der Waals surface area contributed by atoms with E-state index >= 15 is 0 Å². The van der Waals surface area contributed by atoms with Crippen LogP contribution in [0.2, 0.25) is 5.02 Å². The van der Waals surface area contributed by atoms with Gasteiger partial charge in [0.25, 0.3) is 0 Å². The zero-order valence-corrected chi connectivity index (χ0v) is 15.2. The van der Waals surface area contributed by atoms with E-state index in [2.05, 4.69) is 21.7 Å². The van der Waals surface area contributed by atoms with Crippen LogP contribution in [-0.4, -0.2) is 34.7 Å². The second kappa shape index (κ2) is 6.83. The van der Waals surface area contributed by atoms with E-state index in [4.69, 9.17) is 11.6 Å². The van der Waals surface area contributed by atoms with E-state index in [-0.39, 0.29) is 5.75 Å². The molecule has 1 aromatic carbocycles. The third kappa shape index (κ3) is 3.89. The number of nitrogens with zero attached hydrogens (tertiary/aromatic N) is 3. The van der Waals surface area contributed by atoms with E-state index in [9.17, 15) is 8.42 Å². The third-order valence-electron chi connectivity index (χ3n) is 3.76. The molecular formula is C15H18ClN3O2S2. The molecule has 1 aliphatic carbocycles. The molecule has 124 valence electrons. The lowest BCUT2D eigenvalue weighted by atomic mass is 10.4. The number of thioether (sulfide) groups is 1. The molecule has 1 aliphatic rings. The van der Waals surface area contributed by atoms with E-state index in [1.165, 1.54) is 24.6 Å². The van der Waals surface area contributed by atoms with Gasteiger partial charge in [-0.3, -0.25) is 0 Å². The Hall–Kier alpha value is -1.05. The summed E-state index contributed by atoms with van der Waals surface area (Å²) in [4.78, 5) is 0.304. The van der Waals surface area contributed by atoms with E-state index in [1.807, 2.05) is 0 Å². The van der Waals surface area contributed by atoms with Gasteiger partial charge in [-0.1, -0.05) is 23.4 Å². The van der Waals surface area contributed by atoms with E-state index in [0.29, 0.717) is 21.6 Å². The molecule has 23 heavy (non-hydrogen) atoms. The van der Waals surface area contributed by atoms with Crippen molar-refractivity contribution in [3.8, 4) is 0 Å². The molecule has 1 fully saturated rings. The van der Waals surface area contributed by atoms with Crippen LogP contribution in [0.3, 0.4) is 0 Å². The van der Waals surface area contributed by atoms with Gasteiger partial charge in [0.15, 0.2) is 15.0 Å². The third-order valence-corrected chi connectivity index (χ3v) is 6.97. The Morgan fingerprint density at radius 2 is 1.96 bits per heavy atom. The topological polar surface area (TPSA) is 64.8 Å². The molecule has 0 aliphatic heterocycles. The Labute approximate surface area is 145 Å². The number of halogens is 1. The summed E-state index contributed by atoms with van der Waals surface area (Å²) in [7, 11) is -3.30. The van der Waals surface area contributed by atoms with Gasteiger partial charge in [-0.2, -0.15) is 0 Å². The molecule has 0 radical (unpaired) electrons. The highest BCUT2D eigenvalue weighted by Gasteiger charge is 2.30. The number of benzene rings is 1. The summed E-state index contributed by atoms with van der Waals surface area (Å²) in [5.74, 6) is 2.09. The first-order valence-corrected chi connectivity index (χ1v) is 10.6. The Bertz CT molecular complexity index is 784. The van der Waals surface area contributed by atoms with Gasteiger partial charge in [-0.05, 0) is 44.0 Å². The summed E-state index contributed by atoms with van der Waals surface area (Å²) in [5, 5.41) is 9.81. The first-order valence-electron chi connectivity index (χ1n) is 7.55.